The third-order valence-corrected chi connectivity index (χ3v) is 5.46. The molecule has 0 bridgehead atoms. The first-order chi connectivity index (χ1) is 13.6. The van der Waals surface area contributed by atoms with Crippen LogP contribution in [0.25, 0.3) is 5.57 Å². The number of hydrazine groups is 1. The van der Waals surface area contributed by atoms with Gasteiger partial charge in [0.1, 0.15) is 11.5 Å². The Labute approximate surface area is 170 Å². The van der Waals surface area contributed by atoms with E-state index < -0.39 is 16.8 Å². The molecule has 3 heterocycles. The molecule has 154 valence electrons. The number of benzene rings is 1. The molecule has 2 aliphatic heterocycles. The molecule has 2 aliphatic rings. The molecule has 1 amide bonds. The summed E-state index contributed by atoms with van der Waals surface area (Å²) >= 11 is 5.87. The maximum atomic E-state index is 13.3. The summed E-state index contributed by atoms with van der Waals surface area (Å²) in [5.74, 6) is 0.436. The number of halogens is 4. The van der Waals surface area contributed by atoms with Gasteiger partial charge in [0.25, 0.3) is 5.91 Å². The van der Waals surface area contributed by atoms with Crippen molar-refractivity contribution < 1.29 is 18.0 Å². The number of fused-ring (bicyclic) bond motifs is 1. The van der Waals surface area contributed by atoms with Gasteiger partial charge in [-0.1, -0.05) is 11.6 Å². The Kier molecular flexibility index (Phi) is 4.62. The second-order valence-electron chi connectivity index (χ2n) is 7.25. The fraction of sp³-hybridized carbons (Fsp3) is 0.368. The number of aryl methyl sites for hydroxylation is 2. The van der Waals surface area contributed by atoms with Crippen LogP contribution in [0.4, 0.5) is 18.9 Å². The van der Waals surface area contributed by atoms with Crippen LogP contribution in [-0.2, 0) is 11.0 Å². The maximum absolute atomic E-state index is 13.3. The van der Waals surface area contributed by atoms with Crippen LogP contribution >= 0.6 is 11.6 Å². The number of aromatic amines is 1. The number of carbonyl (C=O) groups is 1. The molecule has 1 unspecified atom stereocenters. The fourth-order valence-corrected chi connectivity index (χ4v) is 4.14. The molecule has 0 aliphatic carbocycles. The molecule has 1 atom stereocenters. The van der Waals surface area contributed by atoms with E-state index in [9.17, 15) is 18.0 Å². The van der Waals surface area contributed by atoms with Gasteiger partial charge in [0.05, 0.1) is 22.3 Å². The highest BCUT2D eigenvalue weighted by Gasteiger charge is 2.41. The number of piperazine rings is 1. The van der Waals surface area contributed by atoms with Crippen LogP contribution < -0.4 is 10.3 Å². The topological polar surface area (TPSA) is 64.3 Å². The number of rotatable bonds is 2. The van der Waals surface area contributed by atoms with Gasteiger partial charge in [0.2, 0.25) is 0 Å². The molecule has 6 nitrogen and oxygen atoms in total. The highest BCUT2D eigenvalue weighted by molar-refractivity contribution is 6.31. The number of nitrogens with zero attached hydrogens (tertiary/aromatic N) is 3. The largest absolute Gasteiger partial charge is 0.417 e. The molecule has 10 heteroatoms. The number of hydrogen-bond donors (Lipinski definition) is 2. The van der Waals surface area contributed by atoms with Crippen molar-refractivity contribution in [1.29, 1.82) is 0 Å². The third-order valence-electron chi connectivity index (χ3n) is 5.15. The summed E-state index contributed by atoms with van der Waals surface area (Å²) in [6, 6.07) is 3.28. The fourth-order valence-electron chi connectivity index (χ4n) is 3.86. The van der Waals surface area contributed by atoms with E-state index in [1.165, 1.54) is 17.0 Å². The van der Waals surface area contributed by atoms with Crippen LogP contribution in [-0.4, -0.2) is 40.0 Å². The number of amides is 1. The lowest BCUT2D eigenvalue weighted by Gasteiger charge is -2.39. The predicted octanol–water partition coefficient (Wildman–Crippen LogP) is 3.67. The number of hydrogen-bond acceptors (Lipinski definition) is 4. The number of carbonyl (C=O) groups excluding carboxylic acids is 1. The molecule has 2 aromatic rings. The van der Waals surface area contributed by atoms with Crippen molar-refractivity contribution >= 4 is 28.8 Å². The third kappa shape index (κ3) is 3.28. The monoisotopic (exact) mass is 425 g/mol. The molecular weight excluding hydrogens is 407 g/mol. The van der Waals surface area contributed by atoms with Gasteiger partial charge in [-0.05, 0) is 39.0 Å². The number of alkyl halides is 3. The summed E-state index contributed by atoms with van der Waals surface area (Å²) in [7, 11) is 0. The molecule has 1 aromatic heterocycles. The lowest BCUT2D eigenvalue weighted by Crippen LogP contribution is -2.55. The maximum Gasteiger partial charge on any atom is 0.417 e. The average Bonchev–Trinajstić information content (AvgIpc) is 3.20. The summed E-state index contributed by atoms with van der Waals surface area (Å²) in [4.78, 5) is 22.4. The van der Waals surface area contributed by atoms with Gasteiger partial charge in [0, 0.05) is 30.0 Å². The van der Waals surface area contributed by atoms with Gasteiger partial charge in [0.15, 0.2) is 0 Å². The quantitative estimate of drug-likeness (QED) is 0.770. The zero-order valence-corrected chi connectivity index (χ0v) is 16.7. The lowest BCUT2D eigenvalue weighted by molar-refractivity contribution is -0.137. The molecular formula is C19H19ClF3N5O. The van der Waals surface area contributed by atoms with Crippen molar-refractivity contribution in [3.8, 4) is 0 Å². The molecule has 1 fully saturated rings. The standard InChI is InChI=1S/C19H19ClF3N5O/c1-9-8-27(12-4-5-14(15(20)6-12)19(21,22)23)18(29)17-13(7-24-28(9)17)16-10(2)25-11(3)26-16/h4-6,9,24H,7-8H2,1-3H3,(H,25,26). The minimum atomic E-state index is -4.55. The van der Waals surface area contributed by atoms with Crippen molar-refractivity contribution in [1.82, 2.24) is 20.4 Å². The highest BCUT2D eigenvalue weighted by atomic mass is 35.5. The van der Waals surface area contributed by atoms with Crippen LogP contribution in [0, 0.1) is 13.8 Å². The van der Waals surface area contributed by atoms with Crippen LogP contribution in [0.15, 0.2) is 23.9 Å². The Morgan fingerprint density at radius 2 is 2.00 bits per heavy atom. The van der Waals surface area contributed by atoms with Gasteiger partial charge in [-0.2, -0.15) is 13.2 Å². The predicted molar refractivity (Wildman–Crippen MR) is 103 cm³/mol. The smallest absolute Gasteiger partial charge is 0.346 e. The minimum absolute atomic E-state index is 0.0957. The van der Waals surface area contributed by atoms with E-state index in [4.69, 9.17) is 11.6 Å². The van der Waals surface area contributed by atoms with Crippen molar-refractivity contribution in [2.24, 2.45) is 0 Å². The molecule has 29 heavy (non-hydrogen) atoms. The molecule has 1 aromatic carbocycles. The number of imidazole rings is 1. The second kappa shape index (κ2) is 6.77. The first-order valence-electron chi connectivity index (χ1n) is 9.06. The number of nitrogens with one attached hydrogen (secondary N) is 2. The Morgan fingerprint density at radius 1 is 1.28 bits per heavy atom. The van der Waals surface area contributed by atoms with Crippen LogP contribution in [0.1, 0.15) is 29.7 Å². The van der Waals surface area contributed by atoms with Gasteiger partial charge >= 0.3 is 6.18 Å². The molecule has 0 spiro atoms. The Hall–Kier alpha value is -2.52. The summed E-state index contributed by atoms with van der Waals surface area (Å²) in [6.07, 6.45) is -4.55. The van der Waals surface area contributed by atoms with Crippen LogP contribution in [0.2, 0.25) is 5.02 Å². The minimum Gasteiger partial charge on any atom is -0.346 e. The van der Waals surface area contributed by atoms with E-state index in [0.717, 1.165) is 23.2 Å². The Morgan fingerprint density at radius 3 is 2.59 bits per heavy atom. The summed E-state index contributed by atoms with van der Waals surface area (Å²) in [6.45, 7) is 6.41. The molecule has 2 N–H and O–H groups in total. The van der Waals surface area contributed by atoms with Crippen molar-refractivity contribution in [2.45, 2.75) is 33.0 Å². The number of H-pyrrole nitrogens is 1. The van der Waals surface area contributed by atoms with E-state index in [1.807, 2.05) is 25.8 Å². The van der Waals surface area contributed by atoms with Gasteiger partial charge in [-0.15, -0.1) is 0 Å². The van der Waals surface area contributed by atoms with Crippen LogP contribution in [0.3, 0.4) is 0 Å². The van der Waals surface area contributed by atoms with Gasteiger partial charge in [-0.25, -0.2) is 10.4 Å². The molecule has 1 saturated heterocycles. The van der Waals surface area contributed by atoms with Crippen molar-refractivity contribution in [3.63, 3.8) is 0 Å². The first kappa shape index (κ1) is 19.8. The second-order valence-corrected chi connectivity index (χ2v) is 7.66. The summed E-state index contributed by atoms with van der Waals surface area (Å²) < 4.78 is 39.1. The molecule has 4 rings (SSSR count). The molecule has 0 radical (unpaired) electrons. The average molecular weight is 426 g/mol. The normalized spacial score (nSPS) is 20.0. The summed E-state index contributed by atoms with van der Waals surface area (Å²) in [5, 5.41) is 1.37. The highest BCUT2D eigenvalue weighted by Crippen LogP contribution is 2.38. The first-order valence-corrected chi connectivity index (χ1v) is 9.43. The van der Waals surface area contributed by atoms with Crippen molar-refractivity contribution in [2.75, 3.05) is 18.0 Å². The van der Waals surface area contributed by atoms with E-state index in [2.05, 4.69) is 15.4 Å². The SMILES string of the molecule is Cc1nc(C2=C3C(=O)N(c4ccc(C(F)(F)F)c(Cl)c4)CC(C)N3NC2)c(C)[nH]1. The zero-order chi connectivity index (χ0) is 21.1. The van der Waals surface area contributed by atoms with E-state index in [-0.39, 0.29) is 11.9 Å². The van der Waals surface area contributed by atoms with Gasteiger partial charge < -0.3 is 9.88 Å². The van der Waals surface area contributed by atoms with Crippen molar-refractivity contribution in [3.05, 3.63) is 51.7 Å². The van der Waals surface area contributed by atoms with Crippen LogP contribution in [0.5, 0.6) is 0 Å². The Bertz CT molecular complexity index is 1030. The van der Waals surface area contributed by atoms with E-state index in [1.54, 1.807) is 0 Å². The number of anilines is 1. The summed E-state index contributed by atoms with van der Waals surface area (Å²) in [5.41, 5.74) is 5.39. The van der Waals surface area contributed by atoms with Gasteiger partial charge in [-0.3, -0.25) is 9.80 Å². The lowest BCUT2D eigenvalue weighted by atomic mass is 10.0. The van der Waals surface area contributed by atoms with E-state index >= 15 is 0 Å². The Balaban J connectivity index is 1.76. The zero-order valence-electron chi connectivity index (χ0n) is 16.0. The van der Waals surface area contributed by atoms with E-state index in [0.29, 0.717) is 30.2 Å². The molecule has 0 saturated carbocycles. The number of aromatic nitrogens is 2.